The van der Waals surface area contributed by atoms with Crippen molar-refractivity contribution in [2.75, 3.05) is 4.90 Å². The molecule has 6 rings (SSSR count). The van der Waals surface area contributed by atoms with Crippen LogP contribution in [0.15, 0.2) is 66.7 Å². The van der Waals surface area contributed by atoms with Crippen LogP contribution in [0, 0.1) is 5.41 Å². The zero-order chi connectivity index (χ0) is 24.6. The van der Waals surface area contributed by atoms with Crippen LogP contribution in [0.2, 0.25) is 15.1 Å². The number of Topliss-reactive ketones (excluding diaryl/α,β-unsaturated/α-hetero) is 3. The van der Waals surface area contributed by atoms with E-state index in [1.54, 1.807) is 48.5 Å². The Morgan fingerprint density at radius 2 is 1.51 bits per heavy atom. The molecule has 174 valence electrons. The van der Waals surface area contributed by atoms with Crippen LogP contribution < -0.4 is 4.90 Å². The van der Waals surface area contributed by atoms with Crippen molar-refractivity contribution in [1.82, 2.24) is 0 Å². The lowest BCUT2D eigenvalue weighted by molar-refractivity contribution is -0.118. The molecule has 0 amide bonds. The van der Waals surface area contributed by atoms with Crippen molar-refractivity contribution in [3.05, 3.63) is 104 Å². The van der Waals surface area contributed by atoms with Crippen molar-refractivity contribution in [2.24, 2.45) is 5.41 Å². The first-order valence-electron chi connectivity index (χ1n) is 11.2. The molecule has 7 heteroatoms. The van der Waals surface area contributed by atoms with E-state index >= 15 is 0 Å². The Kier molecular flexibility index (Phi) is 5.02. The Morgan fingerprint density at radius 1 is 0.886 bits per heavy atom. The largest absolute Gasteiger partial charge is 0.352 e. The molecule has 3 aromatic rings. The quantitative estimate of drug-likeness (QED) is 0.353. The van der Waals surface area contributed by atoms with E-state index in [2.05, 4.69) is 0 Å². The molecule has 3 aromatic carbocycles. The number of carbonyl (C=O) groups is 3. The number of halogens is 3. The SMILES string of the molecule is CC(=O)[C@H]1[C@H](c2ccc(Cl)cc2Cl)C2(C(=O)c3ccccc3C2=O)C2C=Cc3cc(Cl)ccc3N21. The second-order valence-electron chi connectivity index (χ2n) is 9.19. The predicted octanol–water partition coefficient (Wildman–Crippen LogP) is 6.67. The minimum Gasteiger partial charge on any atom is -0.352 e. The number of hydrogen-bond acceptors (Lipinski definition) is 4. The molecule has 1 aliphatic carbocycles. The van der Waals surface area contributed by atoms with Crippen LogP contribution in [-0.2, 0) is 4.79 Å². The summed E-state index contributed by atoms with van der Waals surface area (Å²) in [5, 5.41) is 1.29. The van der Waals surface area contributed by atoms with Crippen molar-refractivity contribution in [3.63, 3.8) is 0 Å². The highest BCUT2D eigenvalue weighted by atomic mass is 35.5. The predicted molar refractivity (Wildman–Crippen MR) is 138 cm³/mol. The zero-order valence-electron chi connectivity index (χ0n) is 18.5. The van der Waals surface area contributed by atoms with Gasteiger partial charge in [-0.25, -0.2) is 0 Å². The number of benzene rings is 3. The molecular weight excluding hydrogens is 505 g/mol. The average Bonchev–Trinajstić information content (AvgIpc) is 3.26. The summed E-state index contributed by atoms with van der Waals surface area (Å²) in [7, 11) is 0. The van der Waals surface area contributed by atoms with Crippen LogP contribution in [0.25, 0.3) is 6.08 Å². The first-order chi connectivity index (χ1) is 16.8. The highest BCUT2D eigenvalue weighted by Crippen LogP contribution is 2.61. The van der Waals surface area contributed by atoms with Gasteiger partial charge in [0.25, 0.3) is 0 Å². The Morgan fingerprint density at radius 3 is 2.14 bits per heavy atom. The third-order valence-corrected chi connectivity index (χ3v) is 8.28. The molecule has 3 atom stereocenters. The van der Waals surface area contributed by atoms with Gasteiger partial charge in [-0.1, -0.05) is 77.3 Å². The number of rotatable bonds is 2. The Bertz CT molecular complexity index is 1460. The topological polar surface area (TPSA) is 54.5 Å². The molecule has 0 N–H and O–H groups in total. The molecule has 4 nitrogen and oxygen atoms in total. The first kappa shape index (κ1) is 22.5. The minimum atomic E-state index is -1.56. The van der Waals surface area contributed by atoms with Gasteiger partial charge in [-0.15, -0.1) is 0 Å². The summed E-state index contributed by atoms with van der Waals surface area (Å²) in [4.78, 5) is 43.9. The third kappa shape index (κ3) is 2.91. The van der Waals surface area contributed by atoms with Gasteiger partial charge < -0.3 is 4.90 Å². The molecule has 1 fully saturated rings. The molecule has 0 aromatic heterocycles. The van der Waals surface area contributed by atoms with E-state index < -0.39 is 23.4 Å². The number of anilines is 1. The van der Waals surface area contributed by atoms with E-state index in [-0.39, 0.29) is 17.3 Å². The van der Waals surface area contributed by atoms with E-state index in [1.807, 2.05) is 29.2 Å². The molecule has 1 saturated heterocycles. The van der Waals surface area contributed by atoms with Crippen LogP contribution >= 0.6 is 34.8 Å². The Hall–Kier alpha value is -2.92. The van der Waals surface area contributed by atoms with Gasteiger partial charge in [0.2, 0.25) is 0 Å². The second kappa shape index (κ2) is 7.79. The molecule has 3 aliphatic rings. The van der Waals surface area contributed by atoms with Crippen LogP contribution in [0.3, 0.4) is 0 Å². The normalized spacial score (nSPS) is 23.4. The lowest BCUT2D eigenvalue weighted by Gasteiger charge is -2.37. The summed E-state index contributed by atoms with van der Waals surface area (Å²) in [6, 6.07) is 15.7. The number of hydrogen-bond donors (Lipinski definition) is 0. The lowest BCUT2D eigenvalue weighted by Crippen LogP contribution is -2.48. The van der Waals surface area contributed by atoms with Crippen molar-refractivity contribution < 1.29 is 14.4 Å². The first-order valence-corrected chi connectivity index (χ1v) is 12.3. The lowest BCUT2D eigenvalue weighted by atomic mass is 9.64. The van der Waals surface area contributed by atoms with Crippen molar-refractivity contribution in [3.8, 4) is 0 Å². The molecule has 0 bridgehead atoms. The monoisotopic (exact) mass is 521 g/mol. The van der Waals surface area contributed by atoms with Crippen LogP contribution in [-0.4, -0.2) is 29.4 Å². The number of nitrogens with zero attached hydrogens (tertiary/aromatic N) is 1. The summed E-state index contributed by atoms with van der Waals surface area (Å²) in [5.74, 6) is -1.59. The minimum absolute atomic E-state index is 0.171. The zero-order valence-corrected chi connectivity index (χ0v) is 20.7. The van der Waals surface area contributed by atoms with Crippen LogP contribution in [0.4, 0.5) is 5.69 Å². The van der Waals surface area contributed by atoms with Crippen LogP contribution in [0.5, 0.6) is 0 Å². The molecular formula is C28H18Cl3NO3. The third-order valence-electron chi connectivity index (χ3n) is 7.48. The summed E-state index contributed by atoms with van der Waals surface area (Å²) < 4.78 is 0. The number of carbonyl (C=O) groups excluding carboxylic acids is 3. The standard InChI is InChI=1S/C28H18Cl3NO3/c1-14(33)25-24(20-9-7-17(30)13-21(20)31)28(26(34)18-4-2-3-5-19(18)27(28)35)23-11-6-15-12-16(29)8-10-22(15)32(23)25/h2-13,23-25H,1H3/t23?,24-,25-/m0/s1. The Balaban J connectivity index is 1.70. The Labute approximate surface area is 217 Å². The number of fused-ring (bicyclic) bond motifs is 5. The average molecular weight is 523 g/mol. The molecule has 1 spiro atoms. The maximum absolute atomic E-state index is 14.3. The van der Waals surface area contributed by atoms with Crippen LogP contribution in [0.1, 0.15) is 44.7 Å². The van der Waals surface area contributed by atoms with Gasteiger partial charge in [0.1, 0.15) is 5.41 Å². The van der Waals surface area contributed by atoms with Crippen molar-refractivity contribution in [2.45, 2.75) is 24.9 Å². The van der Waals surface area contributed by atoms with Gasteiger partial charge in [0.05, 0.1) is 12.1 Å². The van der Waals surface area contributed by atoms with Crippen molar-refractivity contribution in [1.29, 1.82) is 0 Å². The molecule has 1 unspecified atom stereocenters. The summed E-state index contributed by atoms with van der Waals surface area (Å²) in [6.07, 6.45) is 3.72. The second-order valence-corrected chi connectivity index (χ2v) is 10.5. The van der Waals surface area contributed by atoms with Gasteiger partial charge in [-0.2, -0.15) is 0 Å². The molecule has 0 saturated carbocycles. The molecule has 35 heavy (non-hydrogen) atoms. The summed E-state index contributed by atoms with van der Waals surface area (Å²) >= 11 is 19.1. The van der Waals surface area contributed by atoms with Gasteiger partial charge in [-0.3, -0.25) is 14.4 Å². The van der Waals surface area contributed by atoms with Gasteiger partial charge in [0.15, 0.2) is 17.3 Å². The summed E-state index contributed by atoms with van der Waals surface area (Å²) in [6.45, 7) is 1.49. The van der Waals surface area contributed by atoms with E-state index in [4.69, 9.17) is 34.8 Å². The fourth-order valence-electron chi connectivity index (χ4n) is 6.20. The maximum Gasteiger partial charge on any atom is 0.180 e. The van der Waals surface area contributed by atoms with E-state index in [9.17, 15) is 14.4 Å². The highest BCUT2D eigenvalue weighted by Gasteiger charge is 2.71. The molecule has 2 heterocycles. The molecule has 2 aliphatic heterocycles. The van der Waals surface area contributed by atoms with Gasteiger partial charge in [0, 0.05) is 37.8 Å². The fraction of sp³-hybridized carbons (Fsp3) is 0.179. The summed E-state index contributed by atoms with van der Waals surface area (Å²) in [5.41, 5.74) is 1.27. The maximum atomic E-state index is 14.3. The van der Waals surface area contributed by atoms with Crippen molar-refractivity contribution >= 4 is 63.9 Å². The van der Waals surface area contributed by atoms with E-state index in [0.29, 0.717) is 31.8 Å². The van der Waals surface area contributed by atoms with E-state index in [1.165, 1.54) is 6.92 Å². The highest BCUT2D eigenvalue weighted by molar-refractivity contribution is 6.36. The number of ketones is 3. The van der Waals surface area contributed by atoms with E-state index in [0.717, 1.165) is 11.3 Å². The smallest absolute Gasteiger partial charge is 0.180 e. The van der Waals surface area contributed by atoms with Gasteiger partial charge in [-0.05, 0) is 48.4 Å². The van der Waals surface area contributed by atoms with Gasteiger partial charge >= 0.3 is 0 Å². The molecule has 0 radical (unpaired) electrons. The fourth-order valence-corrected chi connectivity index (χ4v) is 6.90.